The van der Waals surface area contributed by atoms with E-state index < -0.39 is 23.4 Å². The molecule has 0 aliphatic carbocycles. The molecule has 0 heterocycles. The molecule has 0 atom stereocenters. The van der Waals surface area contributed by atoms with Crippen LogP contribution in [-0.2, 0) is 14.3 Å². The van der Waals surface area contributed by atoms with Gasteiger partial charge in [-0.05, 0) is 51.8 Å². The van der Waals surface area contributed by atoms with E-state index in [0.717, 1.165) is 6.08 Å². The van der Waals surface area contributed by atoms with E-state index in [4.69, 9.17) is 4.74 Å². The number of nitrogens with one attached hydrogen (secondary N) is 1. The summed E-state index contributed by atoms with van der Waals surface area (Å²) in [5.74, 6) is -1.16. The molecule has 2 rings (SSSR count). The van der Waals surface area contributed by atoms with Crippen LogP contribution in [0.3, 0.4) is 0 Å². The van der Waals surface area contributed by atoms with Gasteiger partial charge in [-0.15, -0.1) is 0 Å². The average Bonchev–Trinajstić information content (AvgIpc) is 2.60. The van der Waals surface area contributed by atoms with Crippen LogP contribution in [0.15, 0.2) is 59.1 Å². The van der Waals surface area contributed by atoms with Crippen molar-refractivity contribution in [2.75, 3.05) is 11.9 Å². The summed E-state index contributed by atoms with van der Waals surface area (Å²) in [5, 5.41) is 13.2. The predicted molar refractivity (Wildman–Crippen MR) is 95.9 cm³/mol. The Morgan fingerprint density at radius 1 is 1.16 bits per heavy atom. The van der Waals surface area contributed by atoms with Crippen LogP contribution in [-0.4, -0.2) is 23.4 Å². The smallest absolute Gasteiger partial charge is 0.331 e. The second kappa shape index (κ2) is 8.74. The third-order valence-electron chi connectivity index (χ3n) is 3.01. The first-order valence-electron chi connectivity index (χ1n) is 7.09. The van der Waals surface area contributed by atoms with Gasteiger partial charge in [-0.2, -0.15) is 0 Å². The van der Waals surface area contributed by atoms with E-state index in [2.05, 4.69) is 21.2 Å². The summed E-state index contributed by atoms with van der Waals surface area (Å²) in [7, 11) is 0. The molecule has 0 saturated carbocycles. The lowest BCUT2D eigenvalue weighted by atomic mass is 10.2. The predicted octanol–water partition coefficient (Wildman–Crippen LogP) is 3.55. The molecule has 7 nitrogen and oxygen atoms in total. The van der Waals surface area contributed by atoms with Gasteiger partial charge in [0.25, 0.3) is 11.6 Å². The number of halogens is 1. The largest absolute Gasteiger partial charge is 0.452 e. The zero-order valence-corrected chi connectivity index (χ0v) is 14.4. The number of rotatable bonds is 6. The molecule has 0 saturated heterocycles. The van der Waals surface area contributed by atoms with E-state index in [1.165, 1.54) is 30.3 Å². The summed E-state index contributed by atoms with van der Waals surface area (Å²) in [6, 6.07) is 12.7. The molecule has 1 amide bonds. The summed E-state index contributed by atoms with van der Waals surface area (Å²) in [5.41, 5.74) is 1.13. The van der Waals surface area contributed by atoms with E-state index in [0.29, 0.717) is 15.7 Å². The van der Waals surface area contributed by atoms with Gasteiger partial charge in [-0.3, -0.25) is 14.9 Å². The standard InChI is InChI=1S/C17H13BrN2O5/c18-14-3-1-2-4-15(14)19-16(21)11-25-17(22)10-7-12-5-8-13(9-6-12)20(23)24/h1-10H,11H2,(H,19,21). The molecule has 0 bridgehead atoms. The number of hydrogen-bond acceptors (Lipinski definition) is 5. The zero-order chi connectivity index (χ0) is 18.2. The molecule has 0 aliphatic heterocycles. The molecule has 2 aromatic rings. The van der Waals surface area contributed by atoms with Gasteiger partial charge in [0.2, 0.25) is 0 Å². The van der Waals surface area contributed by atoms with Crippen molar-refractivity contribution in [2.45, 2.75) is 0 Å². The number of non-ortho nitro benzene ring substituents is 1. The number of nitrogens with zero attached hydrogens (tertiary/aromatic N) is 1. The molecule has 0 aromatic heterocycles. The fourth-order valence-electron chi connectivity index (χ4n) is 1.81. The maximum absolute atomic E-state index is 11.7. The van der Waals surface area contributed by atoms with Crippen molar-refractivity contribution in [2.24, 2.45) is 0 Å². The summed E-state index contributed by atoms with van der Waals surface area (Å²) >= 11 is 3.29. The van der Waals surface area contributed by atoms with E-state index in [9.17, 15) is 19.7 Å². The minimum atomic E-state index is -0.694. The van der Waals surface area contributed by atoms with Crippen LogP contribution in [0.5, 0.6) is 0 Å². The van der Waals surface area contributed by atoms with Crippen molar-refractivity contribution in [3.05, 3.63) is 74.8 Å². The first-order chi connectivity index (χ1) is 12.0. The lowest BCUT2D eigenvalue weighted by molar-refractivity contribution is -0.384. The highest BCUT2D eigenvalue weighted by atomic mass is 79.9. The van der Waals surface area contributed by atoms with Crippen molar-refractivity contribution in [3.8, 4) is 0 Å². The summed E-state index contributed by atoms with van der Waals surface area (Å²) in [4.78, 5) is 33.4. The van der Waals surface area contributed by atoms with E-state index in [1.807, 2.05) is 6.07 Å². The molecular formula is C17H13BrN2O5. The summed E-state index contributed by atoms with van der Waals surface area (Å²) in [6.45, 7) is -0.426. The molecule has 0 spiro atoms. The van der Waals surface area contributed by atoms with Gasteiger partial charge < -0.3 is 10.1 Å². The number of benzene rings is 2. The number of hydrogen-bond donors (Lipinski definition) is 1. The maximum atomic E-state index is 11.7. The van der Waals surface area contributed by atoms with Crippen LogP contribution in [0.1, 0.15) is 5.56 Å². The number of para-hydroxylation sites is 1. The van der Waals surface area contributed by atoms with Gasteiger partial charge in [0, 0.05) is 22.7 Å². The molecule has 0 radical (unpaired) electrons. The van der Waals surface area contributed by atoms with Crippen molar-refractivity contribution in [1.82, 2.24) is 0 Å². The number of ether oxygens (including phenoxy) is 1. The third-order valence-corrected chi connectivity index (χ3v) is 3.70. The number of anilines is 1. The van der Waals surface area contributed by atoms with Crippen molar-refractivity contribution in [3.63, 3.8) is 0 Å². The van der Waals surface area contributed by atoms with Crippen LogP contribution < -0.4 is 5.32 Å². The Labute approximate surface area is 151 Å². The number of nitro benzene ring substituents is 1. The number of amides is 1. The molecule has 25 heavy (non-hydrogen) atoms. The van der Waals surface area contributed by atoms with Gasteiger partial charge in [-0.1, -0.05) is 12.1 Å². The number of esters is 1. The Kier molecular flexibility index (Phi) is 6.41. The normalized spacial score (nSPS) is 10.4. The Morgan fingerprint density at radius 3 is 2.48 bits per heavy atom. The van der Waals surface area contributed by atoms with Crippen LogP contribution in [0.25, 0.3) is 6.08 Å². The molecule has 0 fully saturated rings. The minimum Gasteiger partial charge on any atom is -0.452 e. The van der Waals surface area contributed by atoms with Crippen LogP contribution in [0.2, 0.25) is 0 Å². The van der Waals surface area contributed by atoms with Gasteiger partial charge in [0.15, 0.2) is 6.61 Å². The summed E-state index contributed by atoms with van der Waals surface area (Å²) in [6.07, 6.45) is 2.59. The van der Waals surface area contributed by atoms with Crippen LogP contribution in [0, 0.1) is 10.1 Å². The topological polar surface area (TPSA) is 98.5 Å². The lowest BCUT2D eigenvalue weighted by Gasteiger charge is -2.06. The third kappa shape index (κ3) is 5.85. The second-order valence-corrected chi connectivity index (χ2v) is 5.67. The number of carbonyl (C=O) groups is 2. The van der Waals surface area contributed by atoms with E-state index in [-0.39, 0.29) is 5.69 Å². The number of carbonyl (C=O) groups excluding carboxylic acids is 2. The van der Waals surface area contributed by atoms with Gasteiger partial charge in [0.1, 0.15) is 0 Å². The SMILES string of the molecule is O=C(COC(=O)C=Cc1ccc([N+](=O)[O-])cc1)Nc1ccccc1Br. The first-order valence-corrected chi connectivity index (χ1v) is 7.88. The Morgan fingerprint density at radius 2 is 1.84 bits per heavy atom. The Hall–Kier alpha value is -3.00. The van der Waals surface area contributed by atoms with Gasteiger partial charge in [0.05, 0.1) is 10.6 Å². The first kappa shape index (κ1) is 18.3. The average molecular weight is 405 g/mol. The van der Waals surface area contributed by atoms with Crippen LogP contribution >= 0.6 is 15.9 Å². The zero-order valence-electron chi connectivity index (χ0n) is 12.8. The Balaban J connectivity index is 1.82. The van der Waals surface area contributed by atoms with Crippen molar-refractivity contribution < 1.29 is 19.2 Å². The quantitative estimate of drug-likeness (QED) is 0.343. The van der Waals surface area contributed by atoms with Crippen molar-refractivity contribution in [1.29, 1.82) is 0 Å². The lowest BCUT2D eigenvalue weighted by Crippen LogP contribution is -2.20. The molecule has 0 aliphatic rings. The molecule has 0 unspecified atom stereocenters. The molecule has 128 valence electrons. The molecule has 2 aromatic carbocycles. The molecule has 1 N–H and O–H groups in total. The Bertz CT molecular complexity index is 818. The highest BCUT2D eigenvalue weighted by Gasteiger charge is 2.08. The minimum absolute atomic E-state index is 0.0385. The molecule has 8 heteroatoms. The monoisotopic (exact) mass is 404 g/mol. The highest BCUT2D eigenvalue weighted by Crippen LogP contribution is 2.20. The van der Waals surface area contributed by atoms with Gasteiger partial charge in [-0.25, -0.2) is 4.79 Å². The fourth-order valence-corrected chi connectivity index (χ4v) is 2.19. The van der Waals surface area contributed by atoms with Gasteiger partial charge >= 0.3 is 5.97 Å². The number of nitro groups is 1. The molecular weight excluding hydrogens is 392 g/mol. The second-order valence-electron chi connectivity index (χ2n) is 4.82. The summed E-state index contributed by atoms with van der Waals surface area (Å²) < 4.78 is 5.55. The van der Waals surface area contributed by atoms with Crippen LogP contribution in [0.4, 0.5) is 11.4 Å². The van der Waals surface area contributed by atoms with E-state index in [1.54, 1.807) is 18.2 Å². The maximum Gasteiger partial charge on any atom is 0.331 e. The highest BCUT2D eigenvalue weighted by molar-refractivity contribution is 9.10. The fraction of sp³-hybridized carbons (Fsp3) is 0.0588. The van der Waals surface area contributed by atoms with Crippen molar-refractivity contribution >= 4 is 45.3 Å². The van der Waals surface area contributed by atoms with E-state index >= 15 is 0 Å².